The summed E-state index contributed by atoms with van der Waals surface area (Å²) in [4.78, 5) is 15.1. The molecule has 0 bridgehead atoms. The molecule has 1 aromatic heterocycles. The van der Waals surface area contributed by atoms with Gasteiger partial charge in [0.15, 0.2) is 11.5 Å². The average Bonchev–Trinajstić information content (AvgIpc) is 2.98. The van der Waals surface area contributed by atoms with Crippen LogP contribution in [0.2, 0.25) is 0 Å². The number of carbonyl (C=O) groups is 1. The Hall–Kier alpha value is -2.69. The lowest BCUT2D eigenvalue weighted by molar-refractivity contribution is -0.128. The van der Waals surface area contributed by atoms with Gasteiger partial charge in [-0.3, -0.25) is 4.79 Å². The Bertz CT molecular complexity index is 854. The molecule has 1 aromatic carbocycles. The molecule has 0 N–H and O–H groups in total. The normalized spacial score (nSPS) is 17.6. The van der Waals surface area contributed by atoms with Crippen molar-refractivity contribution in [3.63, 3.8) is 0 Å². The highest BCUT2D eigenvalue weighted by Crippen LogP contribution is 2.31. The highest BCUT2D eigenvalue weighted by molar-refractivity contribution is 5.92. The van der Waals surface area contributed by atoms with Crippen LogP contribution in [0.15, 0.2) is 42.6 Å². The van der Waals surface area contributed by atoms with E-state index < -0.39 is 0 Å². The Morgan fingerprint density at radius 2 is 2.00 bits per heavy atom. The molecular weight excluding hydrogens is 364 g/mol. The maximum Gasteiger partial charge on any atom is 0.247 e. The van der Waals surface area contributed by atoms with E-state index in [-0.39, 0.29) is 18.1 Å². The van der Waals surface area contributed by atoms with Crippen molar-refractivity contribution in [2.45, 2.75) is 51.7 Å². The van der Waals surface area contributed by atoms with Crippen LogP contribution in [0.1, 0.15) is 56.8 Å². The van der Waals surface area contributed by atoms with Gasteiger partial charge in [-0.2, -0.15) is 0 Å². The number of carbonyl (C=O) groups excluding carboxylic acids is 1. The van der Waals surface area contributed by atoms with Crippen LogP contribution in [0.25, 0.3) is 6.08 Å². The predicted octanol–water partition coefficient (Wildman–Crippen LogP) is 4.98. The predicted molar refractivity (Wildman–Crippen MR) is 116 cm³/mol. The van der Waals surface area contributed by atoms with Crippen LogP contribution in [0.3, 0.4) is 0 Å². The lowest BCUT2D eigenvalue weighted by Crippen LogP contribution is -2.34. The molecule has 2 heterocycles. The van der Waals surface area contributed by atoms with Gasteiger partial charge in [-0.05, 0) is 62.6 Å². The zero-order valence-electron chi connectivity index (χ0n) is 17.9. The molecule has 2 aromatic rings. The van der Waals surface area contributed by atoms with Gasteiger partial charge in [-0.15, -0.1) is 0 Å². The number of ether oxygens (including phenoxy) is 2. The second-order valence-corrected chi connectivity index (χ2v) is 7.85. The smallest absolute Gasteiger partial charge is 0.247 e. The molecule has 29 heavy (non-hydrogen) atoms. The first-order valence-corrected chi connectivity index (χ1v) is 10.4. The Labute approximate surface area is 173 Å². The number of likely N-dealkylation sites (tertiary alicyclic amines) is 1. The third kappa shape index (κ3) is 5.22. The van der Waals surface area contributed by atoms with E-state index in [1.165, 1.54) is 12.1 Å². The first kappa shape index (κ1) is 21.0. The largest absolute Gasteiger partial charge is 0.493 e. The molecule has 1 saturated heterocycles. The molecule has 0 aliphatic carbocycles. The summed E-state index contributed by atoms with van der Waals surface area (Å²) in [7, 11) is 3.68. The van der Waals surface area contributed by atoms with Crippen molar-refractivity contribution in [3.8, 4) is 11.5 Å². The van der Waals surface area contributed by atoms with Crippen LogP contribution in [0, 0.1) is 0 Å². The fraction of sp³-hybridized carbons (Fsp3) is 0.458. The number of aromatic nitrogens is 1. The Balaban J connectivity index is 1.78. The van der Waals surface area contributed by atoms with Gasteiger partial charge >= 0.3 is 0 Å². The van der Waals surface area contributed by atoms with Crippen LogP contribution in [0.4, 0.5) is 0 Å². The fourth-order valence-corrected chi connectivity index (χ4v) is 3.90. The van der Waals surface area contributed by atoms with Crippen LogP contribution in [0.5, 0.6) is 11.5 Å². The monoisotopic (exact) mass is 396 g/mol. The molecule has 0 radical (unpaired) electrons. The summed E-state index contributed by atoms with van der Waals surface area (Å²) in [5, 5.41) is 0. The maximum atomic E-state index is 13.1. The summed E-state index contributed by atoms with van der Waals surface area (Å²) in [6, 6.07) is 10.0. The third-order valence-corrected chi connectivity index (χ3v) is 5.33. The summed E-state index contributed by atoms with van der Waals surface area (Å²) in [6.07, 6.45) is 10.0. The topological polar surface area (TPSA) is 43.7 Å². The minimum absolute atomic E-state index is 0.0552. The van der Waals surface area contributed by atoms with Gasteiger partial charge in [0.05, 0.1) is 19.3 Å². The van der Waals surface area contributed by atoms with Crippen molar-refractivity contribution in [1.82, 2.24) is 9.47 Å². The number of nitrogens with zero attached hydrogens (tertiary/aromatic N) is 2. The molecular formula is C24H32N2O3. The van der Waals surface area contributed by atoms with Gasteiger partial charge in [0.25, 0.3) is 0 Å². The molecule has 0 saturated carbocycles. The summed E-state index contributed by atoms with van der Waals surface area (Å²) in [6.45, 7) is 4.76. The molecule has 1 aliphatic heterocycles. The van der Waals surface area contributed by atoms with Crippen molar-refractivity contribution in [3.05, 3.63) is 53.9 Å². The summed E-state index contributed by atoms with van der Waals surface area (Å²) in [5.41, 5.74) is 2.11. The van der Waals surface area contributed by atoms with Crippen molar-refractivity contribution in [1.29, 1.82) is 0 Å². The summed E-state index contributed by atoms with van der Waals surface area (Å²) >= 11 is 0. The maximum absolute atomic E-state index is 13.1. The zero-order valence-corrected chi connectivity index (χ0v) is 17.9. The number of amides is 1. The number of rotatable bonds is 6. The van der Waals surface area contributed by atoms with Crippen LogP contribution in [-0.4, -0.2) is 35.1 Å². The van der Waals surface area contributed by atoms with E-state index in [0.717, 1.165) is 31.4 Å². The summed E-state index contributed by atoms with van der Waals surface area (Å²) < 4.78 is 13.3. The van der Waals surface area contributed by atoms with Crippen LogP contribution < -0.4 is 9.47 Å². The van der Waals surface area contributed by atoms with Crippen molar-refractivity contribution in [2.24, 2.45) is 7.05 Å². The SMILES string of the molecule is COc1cc(/C=C/C(=O)N2CCCCCC2c2cccn2C)ccc1OC(C)C. The van der Waals surface area contributed by atoms with Gasteiger partial charge in [0.2, 0.25) is 5.91 Å². The average molecular weight is 397 g/mol. The minimum atomic E-state index is 0.0552. The zero-order chi connectivity index (χ0) is 20.8. The van der Waals surface area contributed by atoms with E-state index in [1.54, 1.807) is 13.2 Å². The molecule has 1 amide bonds. The van der Waals surface area contributed by atoms with E-state index in [2.05, 4.69) is 10.6 Å². The standard InChI is InChI=1S/C24H32N2O3/c1-18(2)29-22-13-11-19(17-23(22)28-4)12-14-24(27)26-16-7-5-6-9-21(26)20-10-8-15-25(20)3/h8,10-15,17-18,21H,5-7,9,16H2,1-4H3/b14-12+. The molecule has 5 heteroatoms. The summed E-state index contributed by atoms with van der Waals surface area (Å²) in [5.74, 6) is 1.44. The Morgan fingerprint density at radius 3 is 2.69 bits per heavy atom. The van der Waals surface area contributed by atoms with Crippen LogP contribution in [-0.2, 0) is 11.8 Å². The van der Waals surface area contributed by atoms with E-state index in [1.807, 2.05) is 62.3 Å². The van der Waals surface area contributed by atoms with Gasteiger partial charge in [0.1, 0.15) is 0 Å². The quantitative estimate of drug-likeness (QED) is 0.647. The minimum Gasteiger partial charge on any atom is -0.493 e. The van der Waals surface area contributed by atoms with Crippen molar-refractivity contribution >= 4 is 12.0 Å². The first-order valence-electron chi connectivity index (χ1n) is 10.4. The molecule has 1 aliphatic rings. The molecule has 1 unspecified atom stereocenters. The van der Waals surface area contributed by atoms with E-state index in [0.29, 0.717) is 11.5 Å². The highest BCUT2D eigenvalue weighted by atomic mass is 16.5. The highest BCUT2D eigenvalue weighted by Gasteiger charge is 2.26. The van der Waals surface area contributed by atoms with Crippen LogP contribution >= 0.6 is 0 Å². The van der Waals surface area contributed by atoms with Gasteiger partial charge in [-0.1, -0.05) is 18.9 Å². The lowest BCUT2D eigenvalue weighted by Gasteiger charge is -2.29. The Kier molecular flexibility index (Phi) is 7.02. The lowest BCUT2D eigenvalue weighted by atomic mass is 10.1. The van der Waals surface area contributed by atoms with Crippen molar-refractivity contribution < 1.29 is 14.3 Å². The Morgan fingerprint density at radius 1 is 1.17 bits per heavy atom. The number of benzene rings is 1. The molecule has 1 fully saturated rings. The van der Waals surface area contributed by atoms with E-state index >= 15 is 0 Å². The molecule has 156 valence electrons. The van der Waals surface area contributed by atoms with Crippen molar-refractivity contribution in [2.75, 3.05) is 13.7 Å². The van der Waals surface area contributed by atoms with E-state index in [4.69, 9.17) is 9.47 Å². The molecule has 3 rings (SSSR count). The van der Waals surface area contributed by atoms with E-state index in [9.17, 15) is 4.79 Å². The molecule has 5 nitrogen and oxygen atoms in total. The van der Waals surface area contributed by atoms with Gasteiger partial charge in [-0.25, -0.2) is 0 Å². The second kappa shape index (κ2) is 9.68. The number of aryl methyl sites for hydroxylation is 1. The second-order valence-electron chi connectivity index (χ2n) is 7.85. The number of hydrogen-bond acceptors (Lipinski definition) is 3. The molecule has 0 spiro atoms. The molecule has 1 atom stereocenters. The third-order valence-electron chi connectivity index (χ3n) is 5.33. The number of hydrogen-bond donors (Lipinski definition) is 0. The van der Waals surface area contributed by atoms with Gasteiger partial charge in [0, 0.05) is 31.6 Å². The van der Waals surface area contributed by atoms with Gasteiger partial charge < -0.3 is 18.9 Å². The number of methoxy groups -OCH3 is 1. The first-order chi connectivity index (χ1) is 14.0. The fourth-order valence-electron chi connectivity index (χ4n) is 3.90.